The fourth-order valence-corrected chi connectivity index (χ4v) is 3.09. The maximum Gasteiger partial charge on any atom is 0.193 e. The van der Waals surface area contributed by atoms with Gasteiger partial charge in [0.25, 0.3) is 0 Å². The van der Waals surface area contributed by atoms with Gasteiger partial charge in [-0.25, -0.2) is 4.98 Å². The largest absolute Gasteiger partial charge is 0.354 e. The van der Waals surface area contributed by atoms with Gasteiger partial charge in [-0.2, -0.15) is 0 Å². The number of guanidine groups is 1. The molecule has 1 unspecified atom stereocenters. The molecule has 122 valence electrons. The summed E-state index contributed by atoms with van der Waals surface area (Å²) in [5.41, 5.74) is 1.03. The summed E-state index contributed by atoms with van der Waals surface area (Å²) in [6.07, 6.45) is 7.78. The highest BCUT2D eigenvalue weighted by atomic mass is 32.1. The molecule has 0 aliphatic heterocycles. The number of hydrogen-bond donors (Lipinski definition) is 2. The molecule has 0 spiro atoms. The van der Waals surface area contributed by atoms with Crippen molar-refractivity contribution in [2.45, 2.75) is 52.6 Å². The van der Waals surface area contributed by atoms with Gasteiger partial charge in [0.2, 0.25) is 0 Å². The predicted octanol–water partition coefficient (Wildman–Crippen LogP) is 3.28. The van der Waals surface area contributed by atoms with Crippen LogP contribution in [0.25, 0.3) is 4.96 Å². The zero-order valence-electron chi connectivity index (χ0n) is 14.0. The Kier molecular flexibility index (Phi) is 6.24. The molecule has 0 bridgehead atoms. The molecule has 1 atom stereocenters. The lowest BCUT2D eigenvalue weighted by Gasteiger charge is -2.18. The highest BCUT2D eigenvalue weighted by Gasteiger charge is 2.07. The normalized spacial score (nSPS) is 13.8. The van der Waals surface area contributed by atoms with E-state index in [0.717, 1.165) is 22.5 Å². The van der Waals surface area contributed by atoms with Crippen LogP contribution in [-0.4, -0.2) is 28.4 Å². The summed E-state index contributed by atoms with van der Waals surface area (Å²) < 4.78 is 2.05. The third-order valence-electron chi connectivity index (χ3n) is 3.61. The lowest BCUT2D eigenvalue weighted by Crippen LogP contribution is -2.41. The standard InChI is InChI=1S/C16H27N5S/c1-12(2)6-5-7-13(3)19-15(17-4)18-10-14-11-21-8-9-22-16(21)20-14/h8-9,11-13H,5-7,10H2,1-4H3,(H2,17,18,19). The first kappa shape index (κ1) is 16.8. The van der Waals surface area contributed by atoms with E-state index in [1.54, 1.807) is 11.3 Å². The summed E-state index contributed by atoms with van der Waals surface area (Å²) in [5.74, 6) is 1.62. The van der Waals surface area contributed by atoms with Crippen molar-refractivity contribution in [1.29, 1.82) is 0 Å². The van der Waals surface area contributed by atoms with Gasteiger partial charge < -0.3 is 10.6 Å². The fourth-order valence-electron chi connectivity index (χ4n) is 2.37. The van der Waals surface area contributed by atoms with E-state index in [9.17, 15) is 0 Å². The highest BCUT2D eigenvalue weighted by Crippen LogP contribution is 2.11. The third kappa shape index (κ3) is 5.02. The van der Waals surface area contributed by atoms with Gasteiger partial charge in [-0.1, -0.05) is 26.7 Å². The van der Waals surface area contributed by atoms with Crippen molar-refractivity contribution in [3.05, 3.63) is 23.5 Å². The molecule has 0 aliphatic carbocycles. The van der Waals surface area contributed by atoms with Crippen molar-refractivity contribution in [3.63, 3.8) is 0 Å². The van der Waals surface area contributed by atoms with Crippen LogP contribution < -0.4 is 10.6 Å². The minimum atomic E-state index is 0.426. The number of nitrogens with one attached hydrogen (secondary N) is 2. The molecular formula is C16H27N5S. The van der Waals surface area contributed by atoms with Crippen LogP contribution in [0.3, 0.4) is 0 Å². The molecule has 0 aromatic carbocycles. The minimum absolute atomic E-state index is 0.426. The maximum absolute atomic E-state index is 4.56. The number of aliphatic imine (C=N–C) groups is 1. The molecule has 2 heterocycles. The van der Waals surface area contributed by atoms with Crippen LogP contribution in [0, 0.1) is 5.92 Å². The Morgan fingerprint density at radius 1 is 1.36 bits per heavy atom. The first-order valence-corrected chi connectivity index (χ1v) is 8.84. The molecule has 0 amide bonds. The summed E-state index contributed by atoms with van der Waals surface area (Å²) >= 11 is 1.65. The van der Waals surface area contributed by atoms with Crippen molar-refractivity contribution in [3.8, 4) is 0 Å². The fraction of sp³-hybridized carbons (Fsp3) is 0.625. The van der Waals surface area contributed by atoms with Crippen molar-refractivity contribution < 1.29 is 0 Å². The van der Waals surface area contributed by atoms with Crippen molar-refractivity contribution >= 4 is 22.3 Å². The highest BCUT2D eigenvalue weighted by molar-refractivity contribution is 7.15. The molecule has 0 fully saturated rings. The zero-order chi connectivity index (χ0) is 15.9. The molecule has 2 N–H and O–H groups in total. The Morgan fingerprint density at radius 3 is 2.86 bits per heavy atom. The summed E-state index contributed by atoms with van der Waals surface area (Å²) in [5, 5.41) is 8.82. The Morgan fingerprint density at radius 2 is 2.18 bits per heavy atom. The second-order valence-electron chi connectivity index (χ2n) is 6.12. The first-order chi connectivity index (χ1) is 10.6. The average molecular weight is 321 g/mol. The monoisotopic (exact) mass is 321 g/mol. The van der Waals surface area contributed by atoms with E-state index in [4.69, 9.17) is 0 Å². The number of thiazole rings is 1. The molecule has 2 aromatic heterocycles. The summed E-state index contributed by atoms with van der Waals surface area (Å²) in [6, 6.07) is 0.426. The Hall–Kier alpha value is -1.56. The van der Waals surface area contributed by atoms with Gasteiger partial charge in [0.15, 0.2) is 10.9 Å². The molecule has 5 nitrogen and oxygen atoms in total. The summed E-state index contributed by atoms with van der Waals surface area (Å²) in [6.45, 7) is 7.44. The van der Waals surface area contributed by atoms with E-state index >= 15 is 0 Å². The number of imidazole rings is 1. The van der Waals surface area contributed by atoms with Gasteiger partial charge in [-0.15, -0.1) is 11.3 Å². The van der Waals surface area contributed by atoms with E-state index in [1.807, 2.05) is 23.0 Å². The van der Waals surface area contributed by atoms with Gasteiger partial charge in [-0.05, 0) is 19.3 Å². The molecule has 0 saturated heterocycles. The molecule has 22 heavy (non-hydrogen) atoms. The number of aromatic nitrogens is 2. The first-order valence-electron chi connectivity index (χ1n) is 7.96. The second kappa shape index (κ2) is 8.17. The van der Waals surface area contributed by atoms with E-state index in [2.05, 4.69) is 47.6 Å². The average Bonchev–Trinajstić information content (AvgIpc) is 3.03. The lowest BCUT2D eigenvalue weighted by atomic mass is 10.0. The van der Waals surface area contributed by atoms with Gasteiger partial charge in [0, 0.05) is 30.9 Å². The number of hydrogen-bond acceptors (Lipinski definition) is 3. The van der Waals surface area contributed by atoms with Crippen LogP contribution in [0.4, 0.5) is 0 Å². The predicted molar refractivity (Wildman–Crippen MR) is 94.6 cm³/mol. The molecule has 0 radical (unpaired) electrons. The van der Waals surface area contributed by atoms with Crippen LogP contribution in [0.2, 0.25) is 0 Å². The van der Waals surface area contributed by atoms with Crippen LogP contribution in [0.1, 0.15) is 45.7 Å². The number of rotatable bonds is 7. The molecule has 2 aromatic rings. The van der Waals surface area contributed by atoms with E-state index < -0.39 is 0 Å². The smallest absolute Gasteiger partial charge is 0.193 e. The Labute approximate surface area is 136 Å². The topological polar surface area (TPSA) is 53.7 Å². The van der Waals surface area contributed by atoms with Crippen LogP contribution in [0.5, 0.6) is 0 Å². The van der Waals surface area contributed by atoms with Crippen LogP contribution in [-0.2, 0) is 6.54 Å². The summed E-state index contributed by atoms with van der Waals surface area (Å²) in [4.78, 5) is 9.88. The Balaban J connectivity index is 1.76. The lowest BCUT2D eigenvalue weighted by molar-refractivity contribution is 0.491. The van der Waals surface area contributed by atoms with Gasteiger partial charge in [-0.3, -0.25) is 9.39 Å². The summed E-state index contributed by atoms with van der Waals surface area (Å²) in [7, 11) is 1.81. The minimum Gasteiger partial charge on any atom is -0.354 e. The van der Waals surface area contributed by atoms with Crippen molar-refractivity contribution in [1.82, 2.24) is 20.0 Å². The molecule has 6 heteroatoms. The quantitative estimate of drug-likeness (QED) is 0.608. The SMILES string of the molecule is CN=C(NCc1cn2ccsc2n1)NC(C)CCCC(C)C. The van der Waals surface area contributed by atoms with Crippen molar-refractivity contribution in [2.24, 2.45) is 10.9 Å². The maximum atomic E-state index is 4.56. The zero-order valence-corrected chi connectivity index (χ0v) is 14.8. The van der Waals surface area contributed by atoms with E-state index in [1.165, 1.54) is 19.3 Å². The van der Waals surface area contributed by atoms with Gasteiger partial charge in [0.05, 0.1) is 12.2 Å². The van der Waals surface area contributed by atoms with E-state index in [-0.39, 0.29) is 0 Å². The second-order valence-corrected chi connectivity index (χ2v) is 6.99. The van der Waals surface area contributed by atoms with Gasteiger partial charge in [0.1, 0.15) is 0 Å². The number of fused-ring (bicyclic) bond motifs is 1. The van der Waals surface area contributed by atoms with E-state index in [0.29, 0.717) is 12.6 Å². The molecule has 0 aliphatic rings. The Bertz CT molecular complexity index is 570. The van der Waals surface area contributed by atoms with Crippen LogP contribution in [0.15, 0.2) is 22.8 Å². The van der Waals surface area contributed by atoms with Crippen molar-refractivity contribution in [2.75, 3.05) is 7.05 Å². The molecule has 2 rings (SSSR count). The van der Waals surface area contributed by atoms with Gasteiger partial charge >= 0.3 is 0 Å². The molecular weight excluding hydrogens is 294 g/mol. The third-order valence-corrected chi connectivity index (χ3v) is 4.38. The van der Waals surface area contributed by atoms with Crippen LogP contribution >= 0.6 is 11.3 Å². The number of nitrogens with zero attached hydrogens (tertiary/aromatic N) is 3. The molecule has 0 saturated carbocycles.